The molecule has 0 heterocycles. The van der Waals surface area contributed by atoms with Crippen LogP contribution in [0.3, 0.4) is 0 Å². The molecule has 80 valence electrons. The number of hydrogen-bond donors (Lipinski definition) is 0. The number of azide groups is 1. The number of benzene rings is 1. The van der Waals surface area contributed by atoms with Crippen LogP contribution in [0.5, 0.6) is 5.75 Å². The van der Waals surface area contributed by atoms with Gasteiger partial charge in [-0.05, 0) is 23.2 Å². The van der Waals surface area contributed by atoms with Gasteiger partial charge in [-0.15, -0.1) is 0 Å². The third kappa shape index (κ3) is 4.35. The van der Waals surface area contributed by atoms with Gasteiger partial charge in [0.15, 0.2) is 0 Å². The molecular weight excluding hydrogens is 194 g/mol. The van der Waals surface area contributed by atoms with Gasteiger partial charge < -0.3 is 9.47 Å². The number of hydrogen-bond acceptors (Lipinski definition) is 3. The van der Waals surface area contributed by atoms with Crippen molar-refractivity contribution in [1.82, 2.24) is 0 Å². The highest BCUT2D eigenvalue weighted by molar-refractivity contribution is 5.28. The summed E-state index contributed by atoms with van der Waals surface area (Å²) >= 11 is 0. The molecule has 0 saturated carbocycles. The molecule has 0 aliphatic heterocycles. The Kier molecular flexibility index (Phi) is 5.08. The number of nitrogens with zero attached hydrogens (tertiary/aromatic N) is 3. The number of rotatable bonds is 6. The third-order valence-electron chi connectivity index (χ3n) is 1.73. The normalized spacial score (nSPS) is 9.40. The van der Waals surface area contributed by atoms with E-state index < -0.39 is 0 Å². The second-order valence-corrected chi connectivity index (χ2v) is 2.88. The zero-order valence-electron chi connectivity index (χ0n) is 8.59. The van der Waals surface area contributed by atoms with Crippen molar-refractivity contribution < 1.29 is 9.47 Å². The van der Waals surface area contributed by atoms with Crippen LogP contribution in [0.4, 0.5) is 0 Å². The van der Waals surface area contributed by atoms with Crippen molar-refractivity contribution >= 4 is 0 Å². The Morgan fingerprint density at radius 1 is 1.47 bits per heavy atom. The fraction of sp³-hybridized carbons (Fsp3) is 0.400. The van der Waals surface area contributed by atoms with E-state index in [2.05, 4.69) is 10.0 Å². The third-order valence-corrected chi connectivity index (χ3v) is 1.73. The van der Waals surface area contributed by atoms with Crippen LogP contribution in [0.2, 0.25) is 0 Å². The van der Waals surface area contributed by atoms with Crippen molar-refractivity contribution in [3.8, 4) is 5.75 Å². The van der Waals surface area contributed by atoms with E-state index in [1.165, 1.54) is 0 Å². The standard InChI is InChI=1S/C10H13N3O2/c1-14-8-9-3-2-4-10(7-9)15-6-5-12-13-11/h2-4,7H,5-6,8H2,1H3. The summed E-state index contributed by atoms with van der Waals surface area (Å²) in [6.45, 7) is 1.29. The Hall–Kier alpha value is -1.71. The first-order valence-electron chi connectivity index (χ1n) is 4.58. The summed E-state index contributed by atoms with van der Waals surface area (Å²) in [5.74, 6) is 0.762. The lowest BCUT2D eigenvalue weighted by molar-refractivity contribution is 0.184. The summed E-state index contributed by atoms with van der Waals surface area (Å²) < 4.78 is 10.4. The molecule has 5 heteroatoms. The Morgan fingerprint density at radius 2 is 2.33 bits per heavy atom. The second kappa shape index (κ2) is 6.70. The van der Waals surface area contributed by atoms with Gasteiger partial charge in [0.1, 0.15) is 5.75 Å². The molecule has 0 N–H and O–H groups in total. The van der Waals surface area contributed by atoms with Crippen LogP contribution >= 0.6 is 0 Å². The largest absolute Gasteiger partial charge is 0.493 e. The summed E-state index contributed by atoms with van der Waals surface area (Å²) in [5.41, 5.74) is 9.12. The van der Waals surface area contributed by atoms with Gasteiger partial charge in [0, 0.05) is 12.0 Å². The molecule has 0 spiro atoms. The zero-order valence-corrected chi connectivity index (χ0v) is 8.59. The molecule has 5 nitrogen and oxygen atoms in total. The molecule has 0 amide bonds. The highest BCUT2D eigenvalue weighted by Crippen LogP contribution is 2.13. The van der Waals surface area contributed by atoms with Crippen molar-refractivity contribution in [3.63, 3.8) is 0 Å². The van der Waals surface area contributed by atoms with E-state index in [-0.39, 0.29) is 0 Å². The molecule has 0 atom stereocenters. The Labute approximate surface area is 88.3 Å². The van der Waals surface area contributed by atoms with Crippen LogP contribution in [0, 0.1) is 0 Å². The van der Waals surface area contributed by atoms with Gasteiger partial charge in [-0.2, -0.15) is 0 Å². The van der Waals surface area contributed by atoms with Gasteiger partial charge in [0.25, 0.3) is 0 Å². The minimum atomic E-state index is 0.338. The van der Waals surface area contributed by atoms with E-state index in [0.29, 0.717) is 19.8 Å². The lowest BCUT2D eigenvalue weighted by atomic mass is 10.2. The number of methoxy groups -OCH3 is 1. The SMILES string of the molecule is COCc1cccc(OCCN=[N+]=[N-])c1. The van der Waals surface area contributed by atoms with E-state index in [4.69, 9.17) is 15.0 Å². The molecule has 1 rings (SSSR count). The maximum Gasteiger partial charge on any atom is 0.119 e. The fourth-order valence-corrected chi connectivity index (χ4v) is 1.14. The highest BCUT2D eigenvalue weighted by Gasteiger charge is 1.95. The van der Waals surface area contributed by atoms with E-state index >= 15 is 0 Å². The Morgan fingerprint density at radius 3 is 3.07 bits per heavy atom. The zero-order chi connectivity index (χ0) is 10.9. The molecule has 0 saturated heterocycles. The highest BCUT2D eigenvalue weighted by atomic mass is 16.5. The Bertz CT molecular complexity index is 348. The van der Waals surface area contributed by atoms with Crippen molar-refractivity contribution in [3.05, 3.63) is 40.3 Å². The minimum absolute atomic E-state index is 0.338. The molecule has 0 radical (unpaired) electrons. The molecule has 0 aliphatic rings. The monoisotopic (exact) mass is 207 g/mol. The summed E-state index contributed by atoms with van der Waals surface area (Å²) in [6.07, 6.45) is 0. The molecule has 0 aliphatic carbocycles. The van der Waals surface area contributed by atoms with Crippen molar-refractivity contribution in [2.75, 3.05) is 20.3 Å². The summed E-state index contributed by atoms with van der Waals surface area (Å²) in [5, 5.41) is 3.38. The summed E-state index contributed by atoms with van der Waals surface area (Å²) in [4.78, 5) is 2.64. The van der Waals surface area contributed by atoms with Gasteiger partial charge >= 0.3 is 0 Å². The average molecular weight is 207 g/mol. The van der Waals surface area contributed by atoms with Crippen LogP contribution < -0.4 is 4.74 Å². The Balaban J connectivity index is 2.46. The molecule has 0 unspecified atom stereocenters. The first-order valence-corrected chi connectivity index (χ1v) is 4.58. The lowest BCUT2D eigenvalue weighted by Crippen LogP contribution is -2.00. The topological polar surface area (TPSA) is 67.2 Å². The van der Waals surface area contributed by atoms with Crippen LogP contribution in [-0.4, -0.2) is 20.3 Å². The molecular formula is C10H13N3O2. The van der Waals surface area contributed by atoms with Gasteiger partial charge in [-0.25, -0.2) is 0 Å². The quantitative estimate of drug-likeness (QED) is 0.311. The molecule has 0 aromatic heterocycles. The molecule has 1 aromatic rings. The smallest absolute Gasteiger partial charge is 0.119 e. The van der Waals surface area contributed by atoms with Crippen LogP contribution in [0.25, 0.3) is 10.4 Å². The summed E-state index contributed by atoms with van der Waals surface area (Å²) in [7, 11) is 1.65. The summed E-state index contributed by atoms with van der Waals surface area (Å²) in [6, 6.07) is 7.62. The maximum atomic E-state index is 8.06. The van der Waals surface area contributed by atoms with Crippen LogP contribution in [0.1, 0.15) is 5.56 Å². The fourth-order valence-electron chi connectivity index (χ4n) is 1.14. The minimum Gasteiger partial charge on any atom is -0.493 e. The average Bonchev–Trinajstić information content (AvgIpc) is 2.26. The van der Waals surface area contributed by atoms with Crippen LogP contribution in [0.15, 0.2) is 29.4 Å². The van der Waals surface area contributed by atoms with Gasteiger partial charge in [0.2, 0.25) is 0 Å². The maximum absolute atomic E-state index is 8.06. The van der Waals surface area contributed by atoms with Crippen molar-refractivity contribution in [2.45, 2.75) is 6.61 Å². The predicted octanol–water partition coefficient (Wildman–Crippen LogP) is 2.52. The lowest BCUT2D eigenvalue weighted by Gasteiger charge is -2.05. The van der Waals surface area contributed by atoms with Crippen molar-refractivity contribution in [2.24, 2.45) is 5.11 Å². The van der Waals surface area contributed by atoms with Gasteiger partial charge in [0.05, 0.1) is 19.8 Å². The van der Waals surface area contributed by atoms with E-state index in [1.54, 1.807) is 7.11 Å². The molecule has 0 fully saturated rings. The van der Waals surface area contributed by atoms with E-state index in [1.807, 2.05) is 24.3 Å². The van der Waals surface area contributed by atoms with E-state index in [9.17, 15) is 0 Å². The van der Waals surface area contributed by atoms with E-state index in [0.717, 1.165) is 11.3 Å². The number of ether oxygens (including phenoxy) is 2. The molecule has 15 heavy (non-hydrogen) atoms. The van der Waals surface area contributed by atoms with Crippen LogP contribution in [-0.2, 0) is 11.3 Å². The predicted molar refractivity (Wildman–Crippen MR) is 56.7 cm³/mol. The van der Waals surface area contributed by atoms with Crippen molar-refractivity contribution in [1.29, 1.82) is 0 Å². The first-order chi connectivity index (χ1) is 7.36. The van der Waals surface area contributed by atoms with Gasteiger partial charge in [-0.1, -0.05) is 17.2 Å². The van der Waals surface area contributed by atoms with Gasteiger partial charge in [-0.3, -0.25) is 0 Å². The first kappa shape index (κ1) is 11.4. The molecule has 1 aromatic carbocycles. The molecule has 0 bridgehead atoms. The second-order valence-electron chi connectivity index (χ2n) is 2.88.